The molecule has 0 aliphatic heterocycles. The minimum Gasteiger partial charge on any atom is -0.479 e. The van der Waals surface area contributed by atoms with Crippen LogP contribution >= 0.6 is 7.60 Å². The predicted molar refractivity (Wildman–Crippen MR) is 126 cm³/mol. The largest absolute Gasteiger partial charge is 0.479 e. The third-order valence-corrected chi connectivity index (χ3v) is 6.79. The van der Waals surface area contributed by atoms with Crippen molar-refractivity contribution in [2.45, 2.75) is 53.0 Å². The average Bonchev–Trinajstić information content (AvgIpc) is 3.21. The van der Waals surface area contributed by atoms with Gasteiger partial charge in [-0.1, -0.05) is 5.21 Å². The SMILES string of the molecule is CCOP(=O)(OCC)C(Nc1nn(CO)c2c(=O)n(COC(COC(C)=O)COC(C)=O)nnc12)C(=O)O. The van der Waals surface area contributed by atoms with Gasteiger partial charge < -0.3 is 38.8 Å². The first-order valence-electron chi connectivity index (χ1n) is 11.2. The second-order valence-electron chi connectivity index (χ2n) is 7.36. The first kappa shape index (κ1) is 30.8. The normalized spacial score (nSPS) is 12.5. The summed E-state index contributed by atoms with van der Waals surface area (Å²) < 4.78 is 40.0. The quantitative estimate of drug-likeness (QED) is 0.172. The smallest absolute Gasteiger partial charge is 0.364 e. The van der Waals surface area contributed by atoms with E-state index in [2.05, 4.69) is 20.7 Å². The zero-order valence-corrected chi connectivity index (χ0v) is 22.0. The zero-order valence-electron chi connectivity index (χ0n) is 21.1. The number of aliphatic hydroxyl groups excluding tert-OH is 1. The van der Waals surface area contributed by atoms with Crippen LogP contribution in [-0.2, 0) is 55.7 Å². The molecule has 0 amide bonds. The first-order valence-corrected chi connectivity index (χ1v) is 12.8. The molecule has 0 aliphatic carbocycles. The van der Waals surface area contributed by atoms with E-state index in [1.165, 1.54) is 27.7 Å². The van der Waals surface area contributed by atoms with Gasteiger partial charge in [-0.05, 0) is 13.8 Å². The molecule has 2 heterocycles. The van der Waals surface area contributed by atoms with Crippen molar-refractivity contribution in [3.05, 3.63) is 10.4 Å². The second-order valence-corrected chi connectivity index (χ2v) is 9.48. The number of hydrogen-bond donors (Lipinski definition) is 3. The Balaban J connectivity index is 2.39. The van der Waals surface area contributed by atoms with Gasteiger partial charge in [-0.25, -0.2) is 9.48 Å². The summed E-state index contributed by atoms with van der Waals surface area (Å²) in [4.78, 5) is 47.2. The summed E-state index contributed by atoms with van der Waals surface area (Å²) in [7, 11) is -4.24. The second kappa shape index (κ2) is 13.9. The van der Waals surface area contributed by atoms with E-state index in [1.807, 2.05) is 0 Å². The van der Waals surface area contributed by atoms with E-state index < -0.39 is 56.4 Å². The fourth-order valence-corrected chi connectivity index (χ4v) is 4.64. The van der Waals surface area contributed by atoms with Gasteiger partial charge in [0.25, 0.3) is 5.56 Å². The molecule has 0 aliphatic rings. The van der Waals surface area contributed by atoms with E-state index >= 15 is 0 Å². The Kier molecular flexibility index (Phi) is 11.3. The Labute approximate surface area is 215 Å². The zero-order chi connectivity index (χ0) is 28.5. The van der Waals surface area contributed by atoms with Gasteiger partial charge in [-0.2, -0.15) is 4.68 Å². The minimum absolute atomic E-state index is 0.116. The molecule has 0 aromatic carbocycles. The number of carbonyl (C=O) groups is 3. The van der Waals surface area contributed by atoms with Crippen molar-refractivity contribution in [2.75, 3.05) is 31.7 Å². The van der Waals surface area contributed by atoms with E-state index in [9.17, 15) is 34.0 Å². The first-order chi connectivity index (χ1) is 18.0. The predicted octanol–water partition coefficient (Wildman–Crippen LogP) is -0.505. The van der Waals surface area contributed by atoms with E-state index in [1.54, 1.807) is 0 Å². The molecular formula is C19H29N6O12P. The van der Waals surface area contributed by atoms with E-state index in [4.69, 9.17) is 23.3 Å². The van der Waals surface area contributed by atoms with Gasteiger partial charge in [0.2, 0.25) is 5.78 Å². The summed E-state index contributed by atoms with van der Waals surface area (Å²) in [6, 6.07) is 0. The van der Waals surface area contributed by atoms with Crippen LogP contribution in [0.5, 0.6) is 0 Å². The third kappa shape index (κ3) is 7.78. The molecule has 0 fully saturated rings. The molecule has 38 heavy (non-hydrogen) atoms. The molecule has 1 unspecified atom stereocenters. The van der Waals surface area contributed by atoms with Crippen LogP contribution in [-0.4, -0.2) is 91.2 Å². The fourth-order valence-electron chi connectivity index (χ4n) is 3.00. The minimum atomic E-state index is -4.24. The van der Waals surface area contributed by atoms with Crippen LogP contribution < -0.4 is 10.9 Å². The van der Waals surface area contributed by atoms with Gasteiger partial charge in [-0.15, -0.1) is 10.2 Å². The number of nitrogens with one attached hydrogen (secondary N) is 1. The van der Waals surface area contributed by atoms with Crippen molar-refractivity contribution in [3.63, 3.8) is 0 Å². The number of rotatable bonds is 16. The van der Waals surface area contributed by atoms with Crippen LogP contribution in [0.4, 0.5) is 5.82 Å². The van der Waals surface area contributed by atoms with Crippen LogP contribution in [0.15, 0.2) is 4.79 Å². The highest BCUT2D eigenvalue weighted by molar-refractivity contribution is 7.55. The molecule has 1 atom stereocenters. The lowest BCUT2D eigenvalue weighted by atomic mass is 10.4. The van der Waals surface area contributed by atoms with Crippen molar-refractivity contribution in [3.8, 4) is 0 Å². The van der Waals surface area contributed by atoms with Crippen molar-refractivity contribution in [1.82, 2.24) is 24.8 Å². The Morgan fingerprint density at radius 3 is 2.11 bits per heavy atom. The monoisotopic (exact) mass is 564 g/mol. The van der Waals surface area contributed by atoms with Crippen LogP contribution in [0.25, 0.3) is 11.0 Å². The molecule has 0 saturated heterocycles. The van der Waals surface area contributed by atoms with Gasteiger partial charge in [-0.3, -0.25) is 18.9 Å². The number of fused-ring (bicyclic) bond motifs is 1. The lowest BCUT2D eigenvalue weighted by molar-refractivity contribution is -0.155. The average molecular weight is 564 g/mol. The van der Waals surface area contributed by atoms with Crippen molar-refractivity contribution >= 4 is 42.4 Å². The lowest BCUT2D eigenvalue weighted by Crippen LogP contribution is -2.33. The number of carboxylic acid groups (broad SMARTS) is 1. The van der Waals surface area contributed by atoms with Crippen molar-refractivity contribution in [2.24, 2.45) is 0 Å². The topological polar surface area (TPSA) is 233 Å². The van der Waals surface area contributed by atoms with Crippen molar-refractivity contribution in [1.29, 1.82) is 0 Å². The van der Waals surface area contributed by atoms with E-state index in [0.717, 1.165) is 9.36 Å². The molecule has 0 radical (unpaired) electrons. The molecule has 0 bridgehead atoms. The molecular weight excluding hydrogens is 535 g/mol. The van der Waals surface area contributed by atoms with Gasteiger partial charge >= 0.3 is 25.5 Å². The van der Waals surface area contributed by atoms with Gasteiger partial charge in [0.1, 0.15) is 32.8 Å². The summed E-state index contributed by atoms with van der Waals surface area (Å²) in [5.41, 5.74) is -1.40. The summed E-state index contributed by atoms with van der Waals surface area (Å²) >= 11 is 0. The number of ether oxygens (including phenoxy) is 3. The molecule has 212 valence electrons. The number of carbonyl (C=O) groups excluding carboxylic acids is 2. The maximum absolute atomic E-state index is 13.1. The van der Waals surface area contributed by atoms with Gasteiger partial charge in [0.05, 0.1) is 13.2 Å². The Bertz CT molecular complexity index is 1220. The maximum atomic E-state index is 13.1. The summed E-state index contributed by atoms with van der Waals surface area (Å²) in [5.74, 6) is -5.07. The Morgan fingerprint density at radius 2 is 1.63 bits per heavy atom. The van der Waals surface area contributed by atoms with E-state index in [-0.39, 0.29) is 43.3 Å². The Hall–Kier alpha value is -3.44. The summed E-state index contributed by atoms with van der Waals surface area (Å²) in [6.45, 7) is 3.20. The van der Waals surface area contributed by atoms with Crippen LogP contribution in [0, 0.1) is 0 Å². The van der Waals surface area contributed by atoms with E-state index in [0.29, 0.717) is 0 Å². The number of aliphatic carboxylic acids is 1. The number of carboxylic acids is 1. The summed E-state index contributed by atoms with van der Waals surface area (Å²) in [5, 5.41) is 33.3. The van der Waals surface area contributed by atoms with Gasteiger partial charge in [0, 0.05) is 13.8 Å². The molecule has 2 aromatic rings. The standard InChI is InChI=1S/C19H29N6O12P/c1-5-36-38(32,37-6-2)17(19(30)31)20-16-14-15(24(9-26)22-16)18(29)25(23-21-14)10-35-13(7-33-11(3)27)8-34-12(4)28/h13,17,26H,5-10H2,1-4H3,(H,20,22)(H,30,31). The molecule has 18 nitrogen and oxygen atoms in total. The van der Waals surface area contributed by atoms with Crippen LogP contribution in [0.1, 0.15) is 27.7 Å². The number of esters is 2. The highest BCUT2D eigenvalue weighted by Gasteiger charge is 2.42. The number of hydrogen-bond acceptors (Lipinski definition) is 15. The van der Waals surface area contributed by atoms with Gasteiger partial charge in [0.15, 0.2) is 16.9 Å². The lowest BCUT2D eigenvalue weighted by Gasteiger charge is -2.23. The molecule has 2 aromatic heterocycles. The maximum Gasteiger partial charge on any atom is 0.364 e. The molecule has 0 saturated carbocycles. The fraction of sp³-hybridized carbons (Fsp3) is 0.632. The molecule has 19 heteroatoms. The molecule has 2 rings (SSSR count). The highest BCUT2D eigenvalue weighted by Crippen LogP contribution is 2.53. The third-order valence-electron chi connectivity index (χ3n) is 4.57. The highest BCUT2D eigenvalue weighted by atomic mass is 31.2. The van der Waals surface area contributed by atoms with Crippen LogP contribution in [0.3, 0.4) is 0 Å². The number of nitrogens with zero attached hydrogens (tertiary/aromatic N) is 5. The molecule has 0 spiro atoms. The number of aromatic nitrogens is 5. The number of aliphatic hydroxyl groups is 1. The summed E-state index contributed by atoms with van der Waals surface area (Å²) in [6.07, 6.45) is -0.949. The van der Waals surface area contributed by atoms with Crippen molar-refractivity contribution < 1.29 is 52.4 Å². The molecule has 3 N–H and O–H groups in total. The number of anilines is 1. The van der Waals surface area contributed by atoms with Crippen LogP contribution in [0.2, 0.25) is 0 Å². The Morgan fingerprint density at radius 1 is 1.05 bits per heavy atom.